The third kappa shape index (κ3) is 5.22. The quantitative estimate of drug-likeness (QED) is 0.204. The summed E-state index contributed by atoms with van der Waals surface area (Å²) in [6.45, 7) is 2.75. The number of ketones is 1. The largest absolute Gasteiger partial charge is 0.508 e. The molecule has 1 heterocycles. The molecule has 2 aromatic carbocycles. The molecule has 182 valence electrons. The van der Waals surface area contributed by atoms with E-state index >= 15 is 0 Å². The molecule has 1 saturated heterocycles. The number of hydrogen-bond donors (Lipinski definition) is 6. The first-order valence-corrected chi connectivity index (χ1v) is 10.9. The summed E-state index contributed by atoms with van der Waals surface area (Å²) < 4.78 is 5.37. The van der Waals surface area contributed by atoms with Crippen molar-refractivity contribution in [1.82, 2.24) is 0 Å². The molecular weight excluding hydrogens is 440 g/mol. The number of carbonyl (C=O) groups is 1. The van der Waals surface area contributed by atoms with Crippen molar-refractivity contribution in [1.29, 1.82) is 0 Å². The van der Waals surface area contributed by atoms with Gasteiger partial charge in [-0.15, -0.1) is 0 Å². The number of phenols is 2. The molecule has 0 unspecified atom stereocenters. The van der Waals surface area contributed by atoms with Crippen molar-refractivity contribution >= 4 is 11.9 Å². The average Bonchev–Trinajstić information content (AvgIpc) is 2.81. The first kappa shape index (κ1) is 25.6. The number of rotatable bonds is 7. The van der Waals surface area contributed by atoms with Crippen LogP contribution < -0.4 is 0 Å². The fraction of sp³-hybridized carbons (Fsp3) is 0.346. The summed E-state index contributed by atoms with van der Waals surface area (Å²) in [6, 6.07) is 9.01. The maximum absolute atomic E-state index is 12.8. The van der Waals surface area contributed by atoms with Crippen LogP contribution in [-0.4, -0.2) is 67.9 Å². The average molecular weight is 471 g/mol. The summed E-state index contributed by atoms with van der Waals surface area (Å²) >= 11 is 0. The molecule has 0 saturated carbocycles. The number of aliphatic hydroxyl groups excluding tert-OH is 3. The molecule has 1 fully saturated rings. The molecule has 1 aliphatic heterocycles. The molecule has 8 heteroatoms. The molecule has 6 N–H and O–H groups in total. The summed E-state index contributed by atoms with van der Waals surface area (Å²) in [6.07, 6.45) is 0.468. The third-order valence-electron chi connectivity index (χ3n) is 5.94. The van der Waals surface area contributed by atoms with Crippen LogP contribution in [-0.2, 0) is 16.8 Å². The predicted molar refractivity (Wildman–Crippen MR) is 125 cm³/mol. The Labute approximate surface area is 197 Å². The Morgan fingerprint density at radius 3 is 2.41 bits per heavy atom. The zero-order valence-electron chi connectivity index (χ0n) is 19.0. The van der Waals surface area contributed by atoms with E-state index in [0.29, 0.717) is 5.56 Å². The van der Waals surface area contributed by atoms with Gasteiger partial charge in [-0.2, -0.15) is 0 Å². The minimum absolute atomic E-state index is 0.000430. The van der Waals surface area contributed by atoms with Crippen molar-refractivity contribution in [3.05, 3.63) is 76.4 Å². The van der Waals surface area contributed by atoms with Gasteiger partial charge in [0.15, 0.2) is 5.78 Å². The lowest BCUT2D eigenvalue weighted by Crippen LogP contribution is -2.60. The highest BCUT2D eigenvalue weighted by molar-refractivity contribution is 6.09. The topological polar surface area (TPSA) is 148 Å². The van der Waals surface area contributed by atoms with Gasteiger partial charge in [-0.3, -0.25) is 4.79 Å². The maximum Gasteiger partial charge on any atom is 0.189 e. The molecule has 8 nitrogen and oxygen atoms in total. The van der Waals surface area contributed by atoms with Gasteiger partial charge in [0.25, 0.3) is 0 Å². The van der Waals surface area contributed by atoms with Crippen molar-refractivity contribution in [2.24, 2.45) is 0 Å². The van der Waals surface area contributed by atoms with Gasteiger partial charge in [-0.1, -0.05) is 35.9 Å². The van der Waals surface area contributed by atoms with Crippen LogP contribution in [0.5, 0.6) is 11.5 Å². The Morgan fingerprint density at radius 2 is 1.79 bits per heavy atom. The monoisotopic (exact) mass is 470 g/mol. The molecule has 0 radical (unpaired) electrons. The van der Waals surface area contributed by atoms with E-state index in [9.17, 15) is 35.4 Å². The SMILES string of the molecule is CC(C)=CCc1c([C@@]2(O)CO[C@H](CO)[C@@H](O)[C@@H]2O)ccc(C(=O)C=Cc2ccc(O)cc2)c1O. The highest BCUT2D eigenvalue weighted by atomic mass is 16.5. The predicted octanol–water partition coefficient (Wildman–Crippen LogP) is 1.80. The summed E-state index contributed by atoms with van der Waals surface area (Å²) in [4.78, 5) is 12.8. The normalized spacial score (nSPS) is 24.8. The Morgan fingerprint density at radius 1 is 1.12 bits per heavy atom. The lowest BCUT2D eigenvalue weighted by molar-refractivity contribution is -0.245. The lowest BCUT2D eigenvalue weighted by Gasteiger charge is -2.44. The molecule has 0 bridgehead atoms. The molecule has 4 atom stereocenters. The third-order valence-corrected chi connectivity index (χ3v) is 5.94. The zero-order valence-corrected chi connectivity index (χ0v) is 19.0. The van der Waals surface area contributed by atoms with E-state index in [4.69, 9.17) is 4.74 Å². The first-order chi connectivity index (χ1) is 16.1. The number of aliphatic hydroxyl groups is 4. The van der Waals surface area contributed by atoms with Crippen LogP contribution in [0, 0.1) is 0 Å². The zero-order chi connectivity index (χ0) is 25.0. The van der Waals surface area contributed by atoms with Gasteiger partial charge < -0.3 is 35.4 Å². The molecule has 3 rings (SSSR count). The Hall–Kier alpha value is -3.01. The number of aromatic hydroxyl groups is 2. The molecule has 34 heavy (non-hydrogen) atoms. The number of allylic oxidation sites excluding steroid dienone is 3. The van der Waals surface area contributed by atoms with E-state index in [1.807, 2.05) is 13.8 Å². The van der Waals surface area contributed by atoms with Gasteiger partial charge in [0, 0.05) is 5.56 Å². The van der Waals surface area contributed by atoms with Crippen molar-refractivity contribution < 1.29 is 40.2 Å². The van der Waals surface area contributed by atoms with Crippen LogP contribution in [0.4, 0.5) is 0 Å². The second kappa shape index (κ2) is 10.5. The Kier molecular flexibility index (Phi) is 7.91. The van der Waals surface area contributed by atoms with E-state index in [1.165, 1.54) is 30.3 Å². The van der Waals surface area contributed by atoms with Crippen LogP contribution in [0.25, 0.3) is 6.08 Å². The van der Waals surface area contributed by atoms with Crippen molar-refractivity contribution in [2.75, 3.05) is 13.2 Å². The number of hydrogen-bond acceptors (Lipinski definition) is 8. The fourth-order valence-electron chi connectivity index (χ4n) is 3.90. The number of carbonyl (C=O) groups excluding carboxylic acids is 1. The molecule has 0 spiro atoms. The molecule has 1 aliphatic rings. The number of phenolic OH excluding ortho intramolecular Hbond substituents is 2. The van der Waals surface area contributed by atoms with Gasteiger partial charge in [0.1, 0.15) is 35.4 Å². The second-order valence-electron chi connectivity index (χ2n) is 8.65. The van der Waals surface area contributed by atoms with Crippen LogP contribution in [0.3, 0.4) is 0 Å². The van der Waals surface area contributed by atoms with Gasteiger partial charge in [0.2, 0.25) is 0 Å². The fourth-order valence-corrected chi connectivity index (χ4v) is 3.90. The summed E-state index contributed by atoms with van der Waals surface area (Å²) in [5, 5.41) is 62.0. The summed E-state index contributed by atoms with van der Waals surface area (Å²) in [5.41, 5.74) is -0.135. The molecule has 0 aliphatic carbocycles. The highest BCUT2D eigenvalue weighted by Gasteiger charge is 2.50. The molecule has 2 aromatic rings. The molecular formula is C26H30O8. The molecule has 0 amide bonds. The second-order valence-corrected chi connectivity index (χ2v) is 8.65. The smallest absolute Gasteiger partial charge is 0.189 e. The van der Waals surface area contributed by atoms with E-state index in [0.717, 1.165) is 5.57 Å². The van der Waals surface area contributed by atoms with Crippen molar-refractivity contribution in [3.8, 4) is 11.5 Å². The number of benzene rings is 2. The van der Waals surface area contributed by atoms with E-state index in [2.05, 4.69) is 0 Å². The summed E-state index contributed by atoms with van der Waals surface area (Å²) in [7, 11) is 0. The minimum Gasteiger partial charge on any atom is -0.508 e. The van der Waals surface area contributed by atoms with Gasteiger partial charge in [-0.25, -0.2) is 0 Å². The van der Waals surface area contributed by atoms with E-state index in [1.54, 1.807) is 24.3 Å². The minimum atomic E-state index is -2.07. The number of ether oxygens (including phenoxy) is 1. The Balaban J connectivity index is 2.02. The van der Waals surface area contributed by atoms with Crippen LogP contribution in [0.15, 0.2) is 54.1 Å². The highest BCUT2D eigenvalue weighted by Crippen LogP contribution is 2.39. The van der Waals surface area contributed by atoms with Gasteiger partial charge >= 0.3 is 0 Å². The first-order valence-electron chi connectivity index (χ1n) is 10.9. The van der Waals surface area contributed by atoms with E-state index in [-0.39, 0.29) is 34.6 Å². The van der Waals surface area contributed by atoms with Crippen molar-refractivity contribution in [3.63, 3.8) is 0 Å². The molecule has 0 aromatic heterocycles. The van der Waals surface area contributed by atoms with Crippen LogP contribution in [0.2, 0.25) is 0 Å². The van der Waals surface area contributed by atoms with Crippen LogP contribution >= 0.6 is 0 Å². The van der Waals surface area contributed by atoms with Gasteiger partial charge in [-0.05, 0) is 55.7 Å². The van der Waals surface area contributed by atoms with E-state index < -0.39 is 42.9 Å². The standard InChI is InChI=1S/C26H30O8/c1-15(2)3-9-18-20(26(33)14-34-22(13-27)24(31)25(26)32)11-10-19(23(18)30)21(29)12-6-16-4-7-17(28)8-5-16/h3-8,10-12,22,24-25,27-28,30-33H,9,13-14H2,1-2H3/t22-,24-,25+,26+/m1/s1. The summed E-state index contributed by atoms with van der Waals surface area (Å²) in [5.74, 6) is -0.735. The van der Waals surface area contributed by atoms with Crippen molar-refractivity contribution in [2.45, 2.75) is 44.2 Å². The van der Waals surface area contributed by atoms with Crippen LogP contribution in [0.1, 0.15) is 40.9 Å². The lowest BCUT2D eigenvalue weighted by atomic mass is 9.78. The van der Waals surface area contributed by atoms with Gasteiger partial charge in [0.05, 0.1) is 18.8 Å². The maximum atomic E-state index is 12.8. The Bertz CT molecular complexity index is 1080.